The third-order valence-electron chi connectivity index (χ3n) is 2.80. The number of aryl methyl sites for hydroxylation is 1. The molecule has 0 aliphatic rings. The van der Waals surface area contributed by atoms with Gasteiger partial charge in [0.1, 0.15) is 0 Å². The highest BCUT2D eigenvalue weighted by Crippen LogP contribution is 2.11. The Labute approximate surface area is 105 Å². The molecule has 2 rings (SSSR count). The molecule has 0 aromatic heterocycles. The molecule has 0 amide bonds. The van der Waals surface area contributed by atoms with Gasteiger partial charge in [0.05, 0.1) is 0 Å². The zero-order valence-corrected chi connectivity index (χ0v) is 10.2. The number of rotatable bonds is 4. The molecule has 0 spiro atoms. The first kappa shape index (κ1) is 12.7. The normalized spacial score (nSPS) is 10.6. The number of nitrogens with one attached hydrogen (secondary N) is 1. The van der Waals surface area contributed by atoms with Crippen LogP contribution in [0.4, 0.5) is 8.78 Å². The van der Waals surface area contributed by atoms with Gasteiger partial charge in [0, 0.05) is 18.7 Å². The van der Waals surface area contributed by atoms with Crippen molar-refractivity contribution in [1.82, 2.24) is 5.32 Å². The van der Waals surface area contributed by atoms with E-state index >= 15 is 0 Å². The minimum atomic E-state index is -0.801. The van der Waals surface area contributed by atoms with Gasteiger partial charge in [-0.15, -0.1) is 0 Å². The van der Waals surface area contributed by atoms with Gasteiger partial charge in [-0.25, -0.2) is 8.78 Å². The van der Waals surface area contributed by atoms with Crippen molar-refractivity contribution >= 4 is 0 Å². The predicted molar refractivity (Wildman–Crippen MR) is 68.1 cm³/mol. The third kappa shape index (κ3) is 3.14. The lowest BCUT2D eigenvalue weighted by Gasteiger charge is -2.07. The van der Waals surface area contributed by atoms with Crippen LogP contribution in [0.2, 0.25) is 0 Å². The van der Waals surface area contributed by atoms with Crippen LogP contribution in [-0.4, -0.2) is 0 Å². The summed E-state index contributed by atoms with van der Waals surface area (Å²) < 4.78 is 26.3. The molecule has 0 saturated carbocycles. The molecule has 0 saturated heterocycles. The second-order valence-electron chi connectivity index (χ2n) is 4.30. The minimum Gasteiger partial charge on any atom is -0.309 e. The fraction of sp³-hybridized carbons (Fsp3) is 0.200. The Morgan fingerprint density at radius 2 is 1.67 bits per heavy atom. The smallest absolute Gasteiger partial charge is 0.163 e. The molecule has 0 atom stereocenters. The standard InChI is InChI=1S/C15H15F2N/c1-11-5-7-12(8-6-11)9-18-10-13-3-2-4-14(16)15(13)17/h2-8,18H,9-10H2,1H3. The van der Waals surface area contributed by atoms with E-state index < -0.39 is 11.6 Å². The van der Waals surface area contributed by atoms with E-state index in [0.717, 1.165) is 11.6 Å². The largest absolute Gasteiger partial charge is 0.309 e. The molecule has 0 bridgehead atoms. The van der Waals surface area contributed by atoms with Gasteiger partial charge in [0.2, 0.25) is 0 Å². The average Bonchev–Trinajstić information content (AvgIpc) is 2.37. The lowest BCUT2D eigenvalue weighted by atomic mass is 10.1. The second-order valence-corrected chi connectivity index (χ2v) is 4.30. The van der Waals surface area contributed by atoms with Crippen LogP contribution < -0.4 is 5.32 Å². The van der Waals surface area contributed by atoms with Gasteiger partial charge in [-0.2, -0.15) is 0 Å². The number of benzene rings is 2. The fourth-order valence-corrected chi connectivity index (χ4v) is 1.73. The van der Waals surface area contributed by atoms with Crippen LogP contribution in [0.3, 0.4) is 0 Å². The van der Waals surface area contributed by atoms with Crippen molar-refractivity contribution in [2.24, 2.45) is 0 Å². The molecule has 0 aliphatic carbocycles. The first-order chi connectivity index (χ1) is 8.66. The van der Waals surface area contributed by atoms with Crippen LogP contribution in [0.25, 0.3) is 0 Å². The highest BCUT2D eigenvalue weighted by atomic mass is 19.2. The molecule has 1 nitrogen and oxygen atoms in total. The van der Waals surface area contributed by atoms with E-state index in [9.17, 15) is 8.78 Å². The number of halogens is 2. The molecule has 0 fully saturated rings. The summed E-state index contributed by atoms with van der Waals surface area (Å²) in [5.41, 5.74) is 2.68. The van der Waals surface area contributed by atoms with Crippen molar-refractivity contribution in [1.29, 1.82) is 0 Å². The van der Waals surface area contributed by atoms with E-state index in [1.165, 1.54) is 11.6 Å². The quantitative estimate of drug-likeness (QED) is 0.871. The maximum atomic E-state index is 13.4. The second kappa shape index (κ2) is 5.74. The van der Waals surface area contributed by atoms with Crippen LogP contribution in [0.1, 0.15) is 16.7 Å². The molecule has 2 aromatic carbocycles. The van der Waals surface area contributed by atoms with Gasteiger partial charge in [0.15, 0.2) is 11.6 Å². The summed E-state index contributed by atoms with van der Waals surface area (Å²) in [6, 6.07) is 12.3. The van der Waals surface area contributed by atoms with Gasteiger partial charge in [-0.05, 0) is 18.6 Å². The summed E-state index contributed by atoms with van der Waals surface area (Å²) in [5, 5.41) is 3.10. The van der Waals surface area contributed by atoms with E-state index in [0.29, 0.717) is 18.7 Å². The van der Waals surface area contributed by atoms with E-state index in [1.807, 2.05) is 31.2 Å². The Kier molecular flexibility index (Phi) is 4.05. The summed E-state index contributed by atoms with van der Waals surface area (Å²) in [7, 11) is 0. The van der Waals surface area contributed by atoms with Crippen molar-refractivity contribution in [3.05, 3.63) is 70.8 Å². The molecule has 2 aromatic rings. The van der Waals surface area contributed by atoms with Crippen molar-refractivity contribution in [3.8, 4) is 0 Å². The molecule has 0 unspecified atom stereocenters. The molecule has 0 radical (unpaired) electrons. The average molecular weight is 247 g/mol. The zero-order chi connectivity index (χ0) is 13.0. The molecule has 18 heavy (non-hydrogen) atoms. The molecule has 0 heterocycles. The van der Waals surface area contributed by atoms with Crippen LogP contribution >= 0.6 is 0 Å². The lowest BCUT2D eigenvalue weighted by Crippen LogP contribution is -2.14. The van der Waals surface area contributed by atoms with Gasteiger partial charge in [0.25, 0.3) is 0 Å². The van der Waals surface area contributed by atoms with Crippen molar-refractivity contribution in [3.63, 3.8) is 0 Å². The fourth-order valence-electron chi connectivity index (χ4n) is 1.73. The van der Waals surface area contributed by atoms with Crippen LogP contribution in [-0.2, 0) is 13.1 Å². The summed E-state index contributed by atoms with van der Waals surface area (Å²) in [5.74, 6) is -1.57. The summed E-state index contributed by atoms with van der Waals surface area (Å²) in [4.78, 5) is 0. The molecule has 1 N–H and O–H groups in total. The third-order valence-corrected chi connectivity index (χ3v) is 2.80. The predicted octanol–water partition coefficient (Wildman–Crippen LogP) is 3.56. The maximum absolute atomic E-state index is 13.4. The molecular weight excluding hydrogens is 232 g/mol. The molecule has 0 aliphatic heterocycles. The molecular formula is C15H15F2N. The Bertz CT molecular complexity index is 521. The van der Waals surface area contributed by atoms with Crippen molar-refractivity contribution in [2.75, 3.05) is 0 Å². The van der Waals surface area contributed by atoms with Gasteiger partial charge in [-0.1, -0.05) is 42.0 Å². The Morgan fingerprint density at radius 1 is 0.944 bits per heavy atom. The van der Waals surface area contributed by atoms with E-state index in [4.69, 9.17) is 0 Å². The maximum Gasteiger partial charge on any atom is 0.163 e. The van der Waals surface area contributed by atoms with Crippen molar-refractivity contribution in [2.45, 2.75) is 20.0 Å². The van der Waals surface area contributed by atoms with E-state index in [1.54, 1.807) is 6.07 Å². The first-order valence-corrected chi connectivity index (χ1v) is 5.86. The topological polar surface area (TPSA) is 12.0 Å². The monoisotopic (exact) mass is 247 g/mol. The lowest BCUT2D eigenvalue weighted by molar-refractivity contribution is 0.492. The summed E-state index contributed by atoms with van der Waals surface area (Å²) in [6.45, 7) is 2.98. The number of hydrogen-bond acceptors (Lipinski definition) is 1. The highest BCUT2D eigenvalue weighted by Gasteiger charge is 2.06. The van der Waals surface area contributed by atoms with Crippen molar-refractivity contribution < 1.29 is 8.78 Å². The van der Waals surface area contributed by atoms with Gasteiger partial charge >= 0.3 is 0 Å². The molecule has 94 valence electrons. The van der Waals surface area contributed by atoms with Crippen LogP contribution in [0.5, 0.6) is 0 Å². The van der Waals surface area contributed by atoms with Crippen LogP contribution in [0, 0.1) is 18.6 Å². The Balaban J connectivity index is 1.92. The highest BCUT2D eigenvalue weighted by molar-refractivity contribution is 5.22. The van der Waals surface area contributed by atoms with Gasteiger partial charge in [-0.3, -0.25) is 0 Å². The Hall–Kier alpha value is -1.74. The minimum absolute atomic E-state index is 0.317. The zero-order valence-electron chi connectivity index (χ0n) is 10.2. The SMILES string of the molecule is Cc1ccc(CNCc2cccc(F)c2F)cc1. The summed E-state index contributed by atoms with van der Waals surface area (Å²) >= 11 is 0. The van der Waals surface area contributed by atoms with Crippen LogP contribution in [0.15, 0.2) is 42.5 Å². The van der Waals surface area contributed by atoms with Gasteiger partial charge < -0.3 is 5.32 Å². The molecule has 3 heteroatoms. The van der Waals surface area contributed by atoms with E-state index in [-0.39, 0.29) is 0 Å². The first-order valence-electron chi connectivity index (χ1n) is 5.86. The van der Waals surface area contributed by atoms with E-state index in [2.05, 4.69) is 5.32 Å². The summed E-state index contributed by atoms with van der Waals surface area (Å²) in [6.07, 6.45) is 0. The Morgan fingerprint density at radius 3 is 2.39 bits per heavy atom. The number of hydrogen-bond donors (Lipinski definition) is 1.